The smallest absolute Gasteiger partial charge is 0.225 e. The Morgan fingerprint density at radius 3 is 2.22 bits per heavy atom. The number of sulfonamides is 2. The van der Waals surface area contributed by atoms with Gasteiger partial charge < -0.3 is 0 Å². The first-order chi connectivity index (χ1) is 8.29. The molecule has 1 aromatic carbocycles. The molecule has 1 aromatic rings. The number of nitrogens with two attached hydrogens (primary N) is 1. The Balaban J connectivity index is 3.22. The van der Waals surface area contributed by atoms with Crippen molar-refractivity contribution in [2.24, 2.45) is 5.14 Å². The number of hydrogen-bond donors (Lipinski definition) is 2. The van der Waals surface area contributed by atoms with Crippen molar-refractivity contribution in [1.82, 2.24) is 4.72 Å². The quantitative estimate of drug-likeness (QED) is 0.569. The molecule has 0 aliphatic heterocycles. The van der Waals surface area contributed by atoms with Gasteiger partial charge in [-0.1, -0.05) is 12.1 Å². The number of rotatable bonds is 5. The van der Waals surface area contributed by atoms with E-state index in [9.17, 15) is 16.8 Å². The van der Waals surface area contributed by atoms with Crippen LogP contribution in [0.5, 0.6) is 0 Å². The molecule has 1 rings (SSSR count). The van der Waals surface area contributed by atoms with Crippen LogP contribution in [0.2, 0.25) is 0 Å². The summed E-state index contributed by atoms with van der Waals surface area (Å²) in [7, 11) is -8.06. The minimum Gasteiger partial charge on any atom is -0.225 e. The summed E-state index contributed by atoms with van der Waals surface area (Å²) in [6, 6.07) is 5.09. The zero-order valence-electron chi connectivity index (χ0n) is 9.33. The summed E-state index contributed by atoms with van der Waals surface area (Å²) in [5.74, 6) is 2.27. The molecular weight excluding hydrogens is 276 g/mol. The molecule has 0 radical (unpaired) electrons. The van der Waals surface area contributed by atoms with Gasteiger partial charge in [0.15, 0.2) is 0 Å². The van der Waals surface area contributed by atoms with Crippen molar-refractivity contribution >= 4 is 20.0 Å². The average molecular weight is 288 g/mol. The van der Waals surface area contributed by atoms with Crippen LogP contribution in [0.15, 0.2) is 34.1 Å². The van der Waals surface area contributed by atoms with Crippen LogP contribution in [0.1, 0.15) is 6.42 Å². The average Bonchev–Trinajstić information content (AvgIpc) is 2.28. The fourth-order valence-electron chi connectivity index (χ4n) is 1.24. The molecule has 0 aliphatic carbocycles. The Morgan fingerprint density at radius 2 is 1.72 bits per heavy atom. The molecule has 98 valence electrons. The second-order valence-electron chi connectivity index (χ2n) is 3.34. The van der Waals surface area contributed by atoms with Gasteiger partial charge in [-0.25, -0.2) is 26.7 Å². The Bertz CT molecular complexity index is 672. The molecule has 0 saturated heterocycles. The molecule has 0 fully saturated rings. The summed E-state index contributed by atoms with van der Waals surface area (Å²) in [6.07, 6.45) is 5.20. The van der Waals surface area contributed by atoms with Crippen molar-refractivity contribution in [1.29, 1.82) is 0 Å². The summed E-state index contributed by atoms with van der Waals surface area (Å²) in [4.78, 5) is -0.831. The number of benzene rings is 1. The molecule has 0 heterocycles. The standard InChI is InChI=1S/C10H12N2O4S2/c1-2-3-8-12-18(15,16)10-7-5-4-6-9(10)17(11,13)14/h1,4-7,12H,3,8H2,(H2,11,13,14). The largest absolute Gasteiger partial charge is 0.241 e. The van der Waals surface area contributed by atoms with E-state index in [0.29, 0.717) is 0 Å². The predicted molar refractivity (Wildman–Crippen MR) is 66.5 cm³/mol. The van der Waals surface area contributed by atoms with Gasteiger partial charge >= 0.3 is 0 Å². The van der Waals surface area contributed by atoms with Gasteiger partial charge in [0.2, 0.25) is 20.0 Å². The highest BCUT2D eigenvalue weighted by Crippen LogP contribution is 2.18. The molecule has 0 saturated carbocycles. The van der Waals surface area contributed by atoms with Gasteiger partial charge in [-0.05, 0) is 12.1 Å². The predicted octanol–water partition coefficient (Wildman–Crippen LogP) is -0.364. The molecule has 0 aromatic heterocycles. The van der Waals surface area contributed by atoms with E-state index in [4.69, 9.17) is 11.6 Å². The molecule has 0 amide bonds. The summed E-state index contributed by atoms with van der Waals surface area (Å²) in [5.41, 5.74) is 0. The lowest BCUT2D eigenvalue weighted by Crippen LogP contribution is -2.27. The van der Waals surface area contributed by atoms with E-state index in [1.54, 1.807) is 0 Å². The number of nitrogens with one attached hydrogen (secondary N) is 1. The maximum atomic E-state index is 11.9. The zero-order chi connectivity index (χ0) is 13.8. The normalized spacial score (nSPS) is 12.0. The van der Waals surface area contributed by atoms with E-state index in [-0.39, 0.29) is 17.9 Å². The fourth-order valence-corrected chi connectivity index (χ4v) is 3.65. The van der Waals surface area contributed by atoms with Crippen molar-refractivity contribution < 1.29 is 16.8 Å². The highest BCUT2D eigenvalue weighted by atomic mass is 32.2. The van der Waals surface area contributed by atoms with Crippen LogP contribution in [0.25, 0.3) is 0 Å². The van der Waals surface area contributed by atoms with Crippen molar-refractivity contribution in [3.63, 3.8) is 0 Å². The lowest BCUT2D eigenvalue weighted by atomic mass is 10.4. The van der Waals surface area contributed by atoms with Crippen LogP contribution in [0, 0.1) is 12.3 Å². The van der Waals surface area contributed by atoms with E-state index in [2.05, 4.69) is 10.6 Å². The van der Waals surface area contributed by atoms with Crippen LogP contribution < -0.4 is 9.86 Å². The Labute approximate surface area is 106 Å². The maximum Gasteiger partial charge on any atom is 0.241 e. The summed E-state index contributed by atoms with van der Waals surface area (Å²) in [6.45, 7) is 0.0256. The second-order valence-corrected chi connectivity index (χ2v) is 6.61. The van der Waals surface area contributed by atoms with Crippen LogP contribution in [-0.2, 0) is 20.0 Å². The summed E-state index contributed by atoms with van der Waals surface area (Å²) >= 11 is 0. The molecule has 0 aliphatic rings. The monoisotopic (exact) mass is 288 g/mol. The number of primary sulfonamides is 1. The molecule has 0 spiro atoms. The topological polar surface area (TPSA) is 106 Å². The maximum absolute atomic E-state index is 11.9. The molecule has 6 nitrogen and oxygen atoms in total. The first-order valence-corrected chi connectivity index (χ1v) is 7.87. The molecule has 3 N–H and O–H groups in total. The third-order valence-corrected chi connectivity index (χ3v) is 4.62. The Morgan fingerprint density at radius 1 is 1.17 bits per heavy atom. The van der Waals surface area contributed by atoms with Gasteiger partial charge in [-0.15, -0.1) is 12.3 Å². The second kappa shape index (κ2) is 5.49. The number of hydrogen-bond acceptors (Lipinski definition) is 4. The molecular formula is C10H12N2O4S2. The van der Waals surface area contributed by atoms with Gasteiger partial charge in [0.25, 0.3) is 0 Å². The van der Waals surface area contributed by atoms with Gasteiger partial charge in [-0.2, -0.15) is 0 Å². The summed E-state index contributed by atoms with van der Waals surface area (Å²) < 4.78 is 48.5. The summed E-state index contributed by atoms with van der Waals surface area (Å²) in [5, 5.41) is 4.96. The van der Waals surface area contributed by atoms with Gasteiger partial charge in [0.1, 0.15) is 9.79 Å². The molecule has 0 atom stereocenters. The lowest BCUT2D eigenvalue weighted by Gasteiger charge is -2.09. The van der Waals surface area contributed by atoms with E-state index in [0.717, 1.165) is 12.1 Å². The van der Waals surface area contributed by atoms with Crippen molar-refractivity contribution in [2.75, 3.05) is 6.54 Å². The molecule has 0 unspecified atom stereocenters. The SMILES string of the molecule is C#CCCNS(=O)(=O)c1ccccc1S(N)(=O)=O. The van der Waals surface area contributed by atoms with E-state index in [1.807, 2.05) is 0 Å². The fraction of sp³-hybridized carbons (Fsp3) is 0.200. The van der Waals surface area contributed by atoms with Gasteiger partial charge in [0.05, 0.1) is 0 Å². The van der Waals surface area contributed by atoms with E-state index in [1.165, 1.54) is 12.1 Å². The Hall–Kier alpha value is -1.40. The van der Waals surface area contributed by atoms with Crippen LogP contribution in [0.3, 0.4) is 0 Å². The first kappa shape index (κ1) is 14.7. The highest BCUT2D eigenvalue weighted by Gasteiger charge is 2.23. The molecule has 18 heavy (non-hydrogen) atoms. The van der Waals surface area contributed by atoms with E-state index >= 15 is 0 Å². The first-order valence-electron chi connectivity index (χ1n) is 4.84. The minimum atomic E-state index is -4.11. The zero-order valence-corrected chi connectivity index (χ0v) is 11.0. The lowest BCUT2D eigenvalue weighted by molar-refractivity contribution is 0.574. The third-order valence-electron chi connectivity index (χ3n) is 2.01. The Kier molecular flexibility index (Phi) is 4.48. The highest BCUT2D eigenvalue weighted by molar-refractivity contribution is 7.92. The van der Waals surface area contributed by atoms with Gasteiger partial charge in [-0.3, -0.25) is 0 Å². The van der Waals surface area contributed by atoms with Crippen LogP contribution >= 0.6 is 0 Å². The van der Waals surface area contributed by atoms with Crippen LogP contribution in [0.4, 0.5) is 0 Å². The van der Waals surface area contributed by atoms with E-state index < -0.39 is 24.9 Å². The molecule has 8 heteroatoms. The van der Waals surface area contributed by atoms with Gasteiger partial charge in [0, 0.05) is 13.0 Å². The molecule has 0 bridgehead atoms. The van der Waals surface area contributed by atoms with Crippen molar-refractivity contribution in [3.8, 4) is 12.3 Å². The third kappa shape index (κ3) is 3.54. The van der Waals surface area contributed by atoms with Crippen LogP contribution in [-0.4, -0.2) is 23.4 Å². The minimum absolute atomic E-state index is 0.0256. The number of terminal acetylenes is 1. The van der Waals surface area contributed by atoms with Crippen molar-refractivity contribution in [2.45, 2.75) is 16.2 Å². The van der Waals surface area contributed by atoms with Crippen molar-refractivity contribution in [3.05, 3.63) is 24.3 Å².